The van der Waals surface area contributed by atoms with Gasteiger partial charge in [-0.2, -0.15) is 10.2 Å². The van der Waals surface area contributed by atoms with Crippen molar-refractivity contribution in [3.05, 3.63) is 23.5 Å². The van der Waals surface area contributed by atoms with Crippen LogP contribution in [-0.4, -0.2) is 19.6 Å². The maximum absolute atomic E-state index is 6.25. The highest BCUT2D eigenvalue weighted by Gasteiger charge is 2.31. The van der Waals surface area contributed by atoms with Gasteiger partial charge in [-0.15, -0.1) is 0 Å². The molecule has 0 N–H and O–H groups in total. The second kappa shape index (κ2) is 3.88. The number of hydrogen-bond donors (Lipinski definition) is 0. The molecular weight excluding hydrogens is 236 g/mol. The Balaban J connectivity index is 1.98. The zero-order valence-corrected chi connectivity index (χ0v) is 10.7. The van der Waals surface area contributed by atoms with Gasteiger partial charge in [-0.25, -0.2) is 0 Å². The van der Waals surface area contributed by atoms with Crippen LogP contribution in [-0.2, 0) is 7.05 Å². The largest absolute Gasteiger partial charge is 0.266 e. The number of aryl methyl sites for hydroxylation is 1. The Hall–Kier alpha value is -1.29. The Kier molecular flexibility index (Phi) is 2.47. The highest BCUT2D eigenvalue weighted by Crippen LogP contribution is 2.40. The molecule has 5 heteroatoms. The van der Waals surface area contributed by atoms with Gasteiger partial charge in [-0.3, -0.25) is 9.36 Å². The van der Waals surface area contributed by atoms with Gasteiger partial charge in [0.1, 0.15) is 10.8 Å². The normalized spacial score (nSPS) is 17.4. The lowest BCUT2D eigenvalue weighted by atomic mass is 10.2. The lowest BCUT2D eigenvalue weighted by Crippen LogP contribution is -2.09. The molecule has 0 aliphatic heterocycles. The van der Waals surface area contributed by atoms with E-state index in [4.69, 9.17) is 11.6 Å². The molecule has 1 saturated carbocycles. The predicted molar refractivity (Wildman–Crippen MR) is 66.9 cm³/mol. The summed E-state index contributed by atoms with van der Waals surface area (Å²) in [7, 11) is 1.91. The topological polar surface area (TPSA) is 35.6 Å². The zero-order valence-electron chi connectivity index (χ0n) is 9.97. The SMILES string of the molecule is CC(C1CC1)n1nc(-c2ccnn2C)cc1Cl. The molecule has 1 unspecified atom stereocenters. The van der Waals surface area contributed by atoms with Crippen LogP contribution < -0.4 is 0 Å². The van der Waals surface area contributed by atoms with E-state index in [1.165, 1.54) is 12.8 Å². The van der Waals surface area contributed by atoms with Crippen LogP contribution in [0.1, 0.15) is 25.8 Å². The summed E-state index contributed by atoms with van der Waals surface area (Å²) in [6, 6.07) is 4.26. The molecule has 1 atom stereocenters. The summed E-state index contributed by atoms with van der Waals surface area (Å²) in [4.78, 5) is 0. The fraction of sp³-hybridized carbons (Fsp3) is 0.500. The Morgan fingerprint density at radius 2 is 2.24 bits per heavy atom. The molecular formula is C12H15ClN4. The van der Waals surface area contributed by atoms with Gasteiger partial charge >= 0.3 is 0 Å². The second-order valence-corrected chi connectivity index (χ2v) is 5.10. The first-order valence-corrected chi connectivity index (χ1v) is 6.28. The Morgan fingerprint density at radius 3 is 2.82 bits per heavy atom. The molecule has 0 spiro atoms. The van der Waals surface area contributed by atoms with Crippen LogP contribution in [0.3, 0.4) is 0 Å². The Labute approximate surface area is 105 Å². The average Bonchev–Trinajstić information content (AvgIpc) is 2.96. The third-order valence-electron chi connectivity index (χ3n) is 3.46. The van der Waals surface area contributed by atoms with Crippen molar-refractivity contribution in [3.8, 4) is 11.4 Å². The van der Waals surface area contributed by atoms with Crippen molar-refractivity contribution < 1.29 is 0 Å². The Bertz CT molecular complexity index is 538. The lowest BCUT2D eigenvalue weighted by molar-refractivity contribution is 0.441. The first-order valence-electron chi connectivity index (χ1n) is 5.90. The van der Waals surface area contributed by atoms with Crippen molar-refractivity contribution in [2.75, 3.05) is 0 Å². The summed E-state index contributed by atoms with van der Waals surface area (Å²) in [5.41, 5.74) is 1.89. The van der Waals surface area contributed by atoms with Crippen molar-refractivity contribution >= 4 is 11.6 Å². The van der Waals surface area contributed by atoms with E-state index in [2.05, 4.69) is 17.1 Å². The molecule has 0 amide bonds. The smallest absolute Gasteiger partial charge is 0.128 e. The average molecular weight is 251 g/mol. The second-order valence-electron chi connectivity index (χ2n) is 4.71. The van der Waals surface area contributed by atoms with Crippen LogP contribution in [0.4, 0.5) is 0 Å². The van der Waals surface area contributed by atoms with E-state index >= 15 is 0 Å². The first-order chi connectivity index (χ1) is 8.16. The molecule has 1 aliphatic rings. The number of halogens is 1. The first kappa shape index (κ1) is 10.8. The molecule has 2 aromatic rings. The zero-order chi connectivity index (χ0) is 12.0. The third kappa shape index (κ3) is 1.86. The van der Waals surface area contributed by atoms with Gasteiger partial charge in [0.2, 0.25) is 0 Å². The standard InChI is InChI=1S/C12H15ClN4/c1-8(9-3-4-9)17-12(13)7-10(15-17)11-5-6-14-16(11)2/h5-9H,3-4H2,1-2H3. The van der Waals surface area contributed by atoms with Crippen molar-refractivity contribution in [3.63, 3.8) is 0 Å². The summed E-state index contributed by atoms with van der Waals surface area (Å²) >= 11 is 6.25. The minimum absolute atomic E-state index is 0.393. The van der Waals surface area contributed by atoms with Gasteiger partial charge in [0.15, 0.2) is 0 Å². The lowest BCUT2D eigenvalue weighted by Gasteiger charge is -2.11. The molecule has 4 nitrogen and oxygen atoms in total. The van der Waals surface area contributed by atoms with Crippen LogP contribution in [0.5, 0.6) is 0 Å². The molecule has 17 heavy (non-hydrogen) atoms. The van der Waals surface area contributed by atoms with E-state index in [1.807, 2.05) is 28.5 Å². The fourth-order valence-electron chi connectivity index (χ4n) is 2.19. The minimum Gasteiger partial charge on any atom is -0.266 e. The van der Waals surface area contributed by atoms with Crippen molar-refractivity contribution in [2.24, 2.45) is 13.0 Å². The van der Waals surface area contributed by atoms with Gasteiger partial charge in [0.05, 0.1) is 11.7 Å². The monoisotopic (exact) mass is 250 g/mol. The molecule has 1 fully saturated rings. The quantitative estimate of drug-likeness (QED) is 0.840. The van der Waals surface area contributed by atoms with Gasteiger partial charge in [-0.1, -0.05) is 11.6 Å². The number of aromatic nitrogens is 4. The highest BCUT2D eigenvalue weighted by molar-refractivity contribution is 6.29. The van der Waals surface area contributed by atoms with E-state index in [1.54, 1.807) is 6.20 Å². The highest BCUT2D eigenvalue weighted by atomic mass is 35.5. The van der Waals surface area contributed by atoms with Crippen molar-refractivity contribution in [2.45, 2.75) is 25.8 Å². The van der Waals surface area contributed by atoms with E-state index in [-0.39, 0.29) is 0 Å². The summed E-state index contributed by atoms with van der Waals surface area (Å²) < 4.78 is 3.74. The maximum atomic E-state index is 6.25. The summed E-state index contributed by atoms with van der Waals surface area (Å²) in [6.45, 7) is 2.18. The molecule has 3 rings (SSSR count). The molecule has 2 heterocycles. The van der Waals surface area contributed by atoms with Gasteiger partial charge in [0, 0.05) is 19.3 Å². The Morgan fingerprint density at radius 1 is 1.47 bits per heavy atom. The minimum atomic E-state index is 0.393. The maximum Gasteiger partial charge on any atom is 0.128 e. The molecule has 90 valence electrons. The summed E-state index contributed by atoms with van der Waals surface area (Å²) in [5, 5.41) is 9.46. The van der Waals surface area contributed by atoms with E-state index in [9.17, 15) is 0 Å². The number of rotatable bonds is 3. The molecule has 2 aromatic heterocycles. The van der Waals surface area contributed by atoms with Crippen LogP contribution in [0, 0.1) is 5.92 Å². The van der Waals surface area contributed by atoms with Crippen LogP contribution in [0.15, 0.2) is 18.3 Å². The van der Waals surface area contributed by atoms with Gasteiger partial charge < -0.3 is 0 Å². The van der Waals surface area contributed by atoms with Crippen LogP contribution in [0.25, 0.3) is 11.4 Å². The number of nitrogens with zero attached hydrogens (tertiary/aromatic N) is 4. The van der Waals surface area contributed by atoms with Gasteiger partial charge in [0.25, 0.3) is 0 Å². The van der Waals surface area contributed by atoms with Crippen LogP contribution >= 0.6 is 11.6 Å². The molecule has 0 aromatic carbocycles. The summed E-state index contributed by atoms with van der Waals surface area (Å²) in [6.07, 6.45) is 4.35. The van der Waals surface area contributed by atoms with Crippen LogP contribution in [0.2, 0.25) is 5.15 Å². The van der Waals surface area contributed by atoms with E-state index in [0.29, 0.717) is 11.2 Å². The molecule has 0 saturated heterocycles. The third-order valence-corrected chi connectivity index (χ3v) is 3.75. The number of hydrogen-bond acceptors (Lipinski definition) is 2. The molecule has 0 bridgehead atoms. The molecule has 0 radical (unpaired) electrons. The van der Waals surface area contributed by atoms with Crippen molar-refractivity contribution in [1.29, 1.82) is 0 Å². The fourth-order valence-corrected chi connectivity index (χ4v) is 2.48. The van der Waals surface area contributed by atoms with Crippen molar-refractivity contribution in [1.82, 2.24) is 19.6 Å². The van der Waals surface area contributed by atoms with E-state index < -0.39 is 0 Å². The predicted octanol–water partition coefficient (Wildman–Crippen LogP) is 2.91. The van der Waals surface area contributed by atoms with E-state index in [0.717, 1.165) is 17.3 Å². The summed E-state index contributed by atoms with van der Waals surface area (Å²) in [5.74, 6) is 0.742. The van der Waals surface area contributed by atoms with Gasteiger partial charge in [-0.05, 0) is 31.7 Å². The molecule has 1 aliphatic carbocycles.